The van der Waals surface area contributed by atoms with Crippen LogP contribution in [0.1, 0.15) is 18.2 Å². The average molecular weight is 347 g/mol. The second-order valence-electron chi connectivity index (χ2n) is 5.68. The fourth-order valence-corrected chi connectivity index (χ4v) is 3.10. The van der Waals surface area contributed by atoms with Gasteiger partial charge in [0.15, 0.2) is 0 Å². The minimum Gasteiger partial charge on any atom is -0.496 e. The number of nitrogens with zero attached hydrogens (tertiary/aromatic N) is 3. The van der Waals surface area contributed by atoms with Gasteiger partial charge in [-0.25, -0.2) is 0 Å². The fraction of sp³-hybridized carbons (Fsp3) is 0.444. The van der Waals surface area contributed by atoms with E-state index in [0.717, 1.165) is 40.6 Å². The van der Waals surface area contributed by atoms with Gasteiger partial charge in [0.25, 0.3) is 0 Å². The topological polar surface area (TPSA) is 47.5 Å². The Kier molecular flexibility index (Phi) is 6.87. The number of benzene rings is 1. The van der Waals surface area contributed by atoms with Crippen LogP contribution in [-0.2, 0) is 13.0 Å². The molecule has 2 aromatic rings. The molecule has 130 valence electrons. The van der Waals surface area contributed by atoms with E-state index in [1.54, 1.807) is 38.4 Å². The van der Waals surface area contributed by atoms with Crippen molar-refractivity contribution in [2.45, 2.75) is 30.8 Å². The predicted molar refractivity (Wildman–Crippen MR) is 98.0 cm³/mol. The van der Waals surface area contributed by atoms with E-state index in [1.807, 2.05) is 18.5 Å². The Labute approximate surface area is 148 Å². The van der Waals surface area contributed by atoms with Gasteiger partial charge in [0.05, 0.1) is 24.8 Å². The average Bonchev–Trinajstić information content (AvgIpc) is 2.61. The molecule has 0 saturated carbocycles. The highest BCUT2D eigenvalue weighted by Gasteiger charge is 2.16. The number of aromatic nitrogens is 2. The minimum atomic E-state index is 0.331. The number of ether oxygens (including phenoxy) is 2. The van der Waals surface area contributed by atoms with Gasteiger partial charge in [0.2, 0.25) is 0 Å². The number of likely N-dealkylation sites (N-methyl/N-ethyl adjacent to an activating group) is 1. The highest BCUT2D eigenvalue weighted by molar-refractivity contribution is 7.98. The lowest BCUT2D eigenvalue weighted by Crippen LogP contribution is -2.30. The summed E-state index contributed by atoms with van der Waals surface area (Å²) in [4.78, 5) is 11.8. The molecule has 5 nitrogen and oxygen atoms in total. The highest BCUT2D eigenvalue weighted by Crippen LogP contribution is 2.35. The lowest BCUT2D eigenvalue weighted by atomic mass is 10.1. The van der Waals surface area contributed by atoms with E-state index in [9.17, 15) is 0 Å². The standard InChI is InChI=1S/C18H25N3O2S/c1-13(8-15-11-19-6-7-20-15)21(2)12-14-9-17(23-4)18(24-5)10-16(14)22-3/h6-7,9-11,13H,8,12H2,1-5H3/t13-/m1/s1. The number of hydrogen-bond donors (Lipinski definition) is 0. The van der Waals surface area contributed by atoms with Crippen LogP contribution in [0, 0.1) is 0 Å². The van der Waals surface area contributed by atoms with Crippen molar-refractivity contribution in [2.24, 2.45) is 0 Å². The first-order valence-electron chi connectivity index (χ1n) is 7.83. The van der Waals surface area contributed by atoms with E-state index >= 15 is 0 Å². The summed E-state index contributed by atoms with van der Waals surface area (Å²) in [7, 11) is 5.51. The van der Waals surface area contributed by atoms with Crippen LogP contribution in [0.25, 0.3) is 0 Å². The van der Waals surface area contributed by atoms with Gasteiger partial charge >= 0.3 is 0 Å². The first-order valence-corrected chi connectivity index (χ1v) is 9.05. The van der Waals surface area contributed by atoms with Crippen LogP contribution in [0.5, 0.6) is 11.5 Å². The summed E-state index contributed by atoms with van der Waals surface area (Å²) in [6.07, 6.45) is 8.14. The van der Waals surface area contributed by atoms with Crippen LogP contribution in [0.2, 0.25) is 0 Å². The zero-order chi connectivity index (χ0) is 17.5. The molecule has 1 heterocycles. The molecule has 1 aromatic carbocycles. The quantitative estimate of drug-likeness (QED) is 0.683. The molecule has 6 heteroatoms. The zero-order valence-corrected chi connectivity index (χ0v) is 15.8. The summed E-state index contributed by atoms with van der Waals surface area (Å²) in [5.41, 5.74) is 2.11. The predicted octanol–water partition coefficient (Wildman–Crippen LogP) is 3.28. The Morgan fingerprint density at radius 1 is 1.17 bits per heavy atom. The number of rotatable bonds is 8. The molecule has 0 N–H and O–H groups in total. The van der Waals surface area contributed by atoms with Gasteiger partial charge < -0.3 is 9.47 Å². The van der Waals surface area contributed by atoms with Crippen LogP contribution < -0.4 is 9.47 Å². The van der Waals surface area contributed by atoms with Gasteiger partial charge in [-0.1, -0.05) is 0 Å². The summed E-state index contributed by atoms with van der Waals surface area (Å²) in [5.74, 6) is 1.77. The molecule has 0 aliphatic heterocycles. The zero-order valence-electron chi connectivity index (χ0n) is 14.9. The minimum absolute atomic E-state index is 0.331. The van der Waals surface area contributed by atoms with E-state index in [0.29, 0.717) is 6.04 Å². The molecule has 0 fully saturated rings. The molecule has 0 saturated heterocycles. The Bertz CT molecular complexity index is 652. The van der Waals surface area contributed by atoms with E-state index in [-0.39, 0.29) is 0 Å². The Morgan fingerprint density at radius 2 is 1.92 bits per heavy atom. The lowest BCUT2D eigenvalue weighted by molar-refractivity contribution is 0.242. The van der Waals surface area contributed by atoms with Crippen LogP contribution in [0.4, 0.5) is 0 Å². The van der Waals surface area contributed by atoms with Crippen molar-refractivity contribution in [1.82, 2.24) is 14.9 Å². The van der Waals surface area contributed by atoms with E-state index in [2.05, 4.69) is 34.9 Å². The van der Waals surface area contributed by atoms with Crippen molar-refractivity contribution in [3.05, 3.63) is 42.0 Å². The Balaban J connectivity index is 2.13. The number of thioether (sulfide) groups is 1. The highest BCUT2D eigenvalue weighted by atomic mass is 32.2. The monoisotopic (exact) mass is 347 g/mol. The van der Waals surface area contributed by atoms with Crippen molar-refractivity contribution in [3.8, 4) is 11.5 Å². The molecule has 1 atom stereocenters. The van der Waals surface area contributed by atoms with E-state index in [1.165, 1.54) is 0 Å². The summed E-state index contributed by atoms with van der Waals surface area (Å²) < 4.78 is 11.1. The van der Waals surface area contributed by atoms with Crippen molar-refractivity contribution in [2.75, 3.05) is 27.5 Å². The SMILES string of the molecule is COc1cc(SC)c(OC)cc1CN(C)[C@H](C)Cc1cnccn1. The molecule has 0 unspecified atom stereocenters. The molecule has 1 aromatic heterocycles. The molecular weight excluding hydrogens is 322 g/mol. The Hall–Kier alpha value is -1.79. The molecular formula is C18H25N3O2S. The van der Waals surface area contributed by atoms with Gasteiger partial charge in [-0.05, 0) is 32.4 Å². The molecule has 2 rings (SSSR count). The third kappa shape index (κ3) is 4.61. The van der Waals surface area contributed by atoms with Crippen LogP contribution >= 0.6 is 11.8 Å². The maximum atomic E-state index is 5.57. The van der Waals surface area contributed by atoms with Crippen molar-refractivity contribution >= 4 is 11.8 Å². The molecule has 0 amide bonds. The number of hydrogen-bond acceptors (Lipinski definition) is 6. The first kappa shape index (κ1) is 18.5. The van der Waals surface area contributed by atoms with Crippen molar-refractivity contribution in [3.63, 3.8) is 0 Å². The van der Waals surface area contributed by atoms with Crippen LogP contribution in [-0.4, -0.2) is 48.4 Å². The first-order chi connectivity index (χ1) is 11.6. The summed E-state index contributed by atoms with van der Waals surface area (Å²) in [6, 6.07) is 4.44. The smallest absolute Gasteiger partial charge is 0.132 e. The molecule has 24 heavy (non-hydrogen) atoms. The normalized spacial score (nSPS) is 12.2. The molecule has 0 spiro atoms. The summed E-state index contributed by atoms with van der Waals surface area (Å²) >= 11 is 1.65. The summed E-state index contributed by atoms with van der Waals surface area (Å²) in [5, 5.41) is 0. The van der Waals surface area contributed by atoms with Gasteiger partial charge in [-0.2, -0.15) is 0 Å². The molecule has 0 aliphatic rings. The van der Waals surface area contributed by atoms with Gasteiger partial charge in [0, 0.05) is 43.2 Å². The maximum Gasteiger partial charge on any atom is 0.132 e. The molecule has 0 aliphatic carbocycles. The molecule has 0 radical (unpaired) electrons. The van der Waals surface area contributed by atoms with Gasteiger partial charge in [0.1, 0.15) is 11.5 Å². The molecule has 0 bridgehead atoms. The second-order valence-corrected chi connectivity index (χ2v) is 6.53. The van der Waals surface area contributed by atoms with Gasteiger partial charge in [-0.15, -0.1) is 11.8 Å². The summed E-state index contributed by atoms with van der Waals surface area (Å²) in [6.45, 7) is 2.96. The van der Waals surface area contributed by atoms with Crippen LogP contribution in [0.3, 0.4) is 0 Å². The van der Waals surface area contributed by atoms with Crippen molar-refractivity contribution in [1.29, 1.82) is 0 Å². The Morgan fingerprint density at radius 3 is 2.50 bits per heavy atom. The van der Waals surface area contributed by atoms with Crippen molar-refractivity contribution < 1.29 is 9.47 Å². The van der Waals surface area contributed by atoms with E-state index in [4.69, 9.17) is 9.47 Å². The second kappa shape index (κ2) is 8.89. The van der Waals surface area contributed by atoms with E-state index < -0.39 is 0 Å². The maximum absolute atomic E-state index is 5.57. The largest absolute Gasteiger partial charge is 0.496 e. The van der Waals surface area contributed by atoms with Gasteiger partial charge in [-0.3, -0.25) is 14.9 Å². The lowest BCUT2D eigenvalue weighted by Gasteiger charge is -2.25. The fourth-order valence-electron chi connectivity index (χ4n) is 2.53. The third-order valence-electron chi connectivity index (χ3n) is 4.08. The van der Waals surface area contributed by atoms with Crippen LogP contribution in [0.15, 0.2) is 35.6 Å². The third-order valence-corrected chi connectivity index (χ3v) is 4.84. The number of methoxy groups -OCH3 is 2.